The highest BCUT2D eigenvalue weighted by molar-refractivity contribution is 5.90. The lowest BCUT2D eigenvalue weighted by Crippen LogP contribution is -2.31. The smallest absolute Gasteiger partial charge is 0.0468 e. The average Bonchev–Trinajstić information content (AvgIpc) is 3.52. The minimum absolute atomic E-state index is 0.352. The fraction of sp³-hybridized carbons (Fsp3) is 0.0877. The van der Waals surface area contributed by atoms with Gasteiger partial charge in [0.05, 0.1) is 0 Å². The summed E-state index contributed by atoms with van der Waals surface area (Å²) < 4.78 is 0. The van der Waals surface area contributed by atoms with Gasteiger partial charge in [-0.25, -0.2) is 0 Å². The monoisotopic (exact) mass is 760 g/mol. The van der Waals surface area contributed by atoms with Gasteiger partial charge in [-0.3, -0.25) is 0 Å². The van der Waals surface area contributed by atoms with Crippen LogP contribution >= 0.6 is 0 Å². The second kappa shape index (κ2) is 16.0. The van der Waals surface area contributed by atoms with Crippen LogP contribution in [0.2, 0.25) is 0 Å². The van der Waals surface area contributed by atoms with Crippen LogP contribution in [0.5, 0.6) is 0 Å². The highest BCUT2D eigenvalue weighted by atomic mass is 15.1. The van der Waals surface area contributed by atoms with Crippen LogP contribution in [-0.4, -0.2) is 0 Å². The second-order valence-electron chi connectivity index (χ2n) is 15.8. The first kappa shape index (κ1) is 37.4. The highest BCUT2D eigenvalue weighted by Crippen LogP contribution is 2.55. The normalized spacial score (nSPS) is 12.3. The molecule has 0 heterocycles. The van der Waals surface area contributed by atoms with E-state index < -0.39 is 0 Å². The van der Waals surface area contributed by atoms with Gasteiger partial charge in [0.15, 0.2) is 0 Å². The quantitative estimate of drug-likeness (QED) is 0.122. The molecule has 0 radical (unpaired) electrons. The Balaban J connectivity index is 1.30. The van der Waals surface area contributed by atoms with E-state index in [0.717, 1.165) is 58.1 Å². The maximum Gasteiger partial charge on any atom is 0.0468 e. The molecule has 0 fully saturated rings. The molecule has 0 amide bonds. The molecular formula is C57H48N2. The molecule has 0 bridgehead atoms. The highest BCUT2D eigenvalue weighted by Gasteiger charge is 2.44. The van der Waals surface area contributed by atoms with Gasteiger partial charge in [-0.15, -0.1) is 0 Å². The van der Waals surface area contributed by atoms with E-state index in [0.29, 0.717) is 0 Å². The first-order chi connectivity index (χ1) is 28.9. The van der Waals surface area contributed by atoms with Gasteiger partial charge in [0, 0.05) is 39.5 Å². The molecule has 8 aromatic carbocycles. The predicted molar refractivity (Wildman–Crippen MR) is 252 cm³/mol. The van der Waals surface area contributed by atoms with Gasteiger partial charge >= 0.3 is 0 Å². The van der Waals surface area contributed by atoms with Crippen LogP contribution < -0.4 is 9.80 Å². The largest absolute Gasteiger partial charge is 0.310 e. The Kier molecular flexibility index (Phi) is 10.1. The number of hydrogen-bond donors (Lipinski definition) is 0. The standard InChI is InChI=1S/C57H48N2/c1-5-43-23-27-45(28-24-43)39-57(40-46-29-25-44(6-2)26-30-46)55-33-31-51(58(47-17-9-7-10-18-47)49-21-13-15-41(3)35-49)37-53(55)54-38-52(32-34-56(54)57)59(48-19-11-8-12-20-48)50-22-14-16-42(4)36-50/h5-38H,1-2,39-40H2,3-4H3. The molecule has 9 rings (SSSR count). The van der Waals surface area contributed by atoms with Crippen molar-refractivity contribution in [3.63, 3.8) is 0 Å². The van der Waals surface area contributed by atoms with Crippen LogP contribution in [0.4, 0.5) is 34.1 Å². The predicted octanol–water partition coefficient (Wildman–Crippen LogP) is 15.3. The van der Waals surface area contributed by atoms with Crippen molar-refractivity contribution in [2.45, 2.75) is 32.1 Å². The van der Waals surface area contributed by atoms with E-state index in [-0.39, 0.29) is 5.41 Å². The maximum absolute atomic E-state index is 4.03. The summed E-state index contributed by atoms with van der Waals surface area (Å²) in [5.74, 6) is 0. The molecule has 0 N–H and O–H groups in total. The lowest BCUT2D eigenvalue weighted by atomic mass is 9.69. The molecule has 0 spiro atoms. The molecule has 0 aliphatic heterocycles. The van der Waals surface area contributed by atoms with Crippen molar-refractivity contribution < 1.29 is 0 Å². The molecule has 8 aromatic rings. The Hall–Kier alpha value is -7.16. The zero-order valence-electron chi connectivity index (χ0n) is 33.9. The van der Waals surface area contributed by atoms with E-state index in [4.69, 9.17) is 0 Å². The van der Waals surface area contributed by atoms with Crippen LogP contribution in [0.15, 0.2) is 207 Å². The van der Waals surface area contributed by atoms with Gasteiger partial charge in [0.25, 0.3) is 0 Å². The third kappa shape index (κ3) is 7.31. The molecule has 0 saturated heterocycles. The Labute approximate surface area is 349 Å². The number of fused-ring (bicyclic) bond motifs is 3. The number of para-hydroxylation sites is 2. The van der Waals surface area contributed by atoms with Crippen LogP contribution in [-0.2, 0) is 18.3 Å². The molecule has 0 saturated carbocycles. The number of aryl methyl sites for hydroxylation is 2. The Morgan fingerprint density at radius 2 is 0.763 bits per heavy atom. The average molecular weight is 761 g/mol. The molecule has 0 aromatic heterocycles. The lowest BCUT2D eigenvalue weighted by molar-refractivity contribution is 0.520. The summed E-state index contributed by atoms with van der Waals surface area (Å²) in [5, 5.41) is 0. The topological polar surface area (TPSA) is 6.48 Å². The van der Waals surface area contributed by atoms with Crippen molar-refractivity contribution in [1.82, 2.24) is 0 Å². The summed E-state index contributed by atoms with van der Waals surface area (Å²) in [6, 6.07) is 71.3. The Morgan fingerprint density at radius 1 is 0.390 bits per heavy atom. The molecule has 2 heteroatoms. The summed E-state index contributed by atoms with van der Waals surface area (Å²) in [5.41, 5.74) is 18.9. The summed E-state index contributed by atoms with van der Waals surface area (Å²) >= 11 is 0. The fourth-order valence-electron chi connectivity index (χ4n) is 9.03. The zero-order chi connectivity index (χ0) is 40.3. The van der Waals surface area contributed by atoms with Crippen LogP contribution in [0.3, 0.4) is 0 Å². The van der Waals surface area contributed by atoms with Gasteiger partial charge in [-0.05, 0) is 155 Å². The van der Waals surface area contributed by atoms with E-state index in [9.17, 15) is 0 Å². The lowest BCUT2D eigenvalue weighted by Gasteiger charge is -2.34. The molecule has 0 unspecified atom stereocenters. The Bertz CT molecular complexity index is 2570. The van der Waals surface area contributed by atoms with Gasteiger partial charge < -0.3 is 9.80 Å². The van der Waals surface area contributed by atoms with Crippen LogP contribution in [0.25, 0.3) is 23.3 Å². The first-order valence-corrected chi connectivity index (χ1v) is 20.5. The van der Waals surface area contributed by atoms with E-state index in [2.05, 4.69) is 231 Å². The van der Waals surface area contributed by atoms with E-state index in [1.165, 1.54) is 44.5 Å². The van der Waals surface area contributed by atoms with Gasteiger partial charge in [-0.1, -0.05) is 147 Å². The van der Waals surface area contributed by atoms with Gasteiger partial charge in [0.1, 0.15) is 0 Å². The number of benzene rings is 8. The summed E-state index contributed by atoms with van der Waals surface area (Å²) in [7, 11) is 0. The fourth-order valence-corrected chi connectivity index (χ4v) is 9.03. The number of rotatable bonds is 12. The molecule has 59 heavy (non-hydrogen) atoms. The van der Waals surface area contributed by atoms with E-state index in [1.54, 1.807) is 0 Å². The molecule has 0 atom stereocenters. The molecule has 1 aliphatic carbocycles. The Morgan fingerprint density at radius 3 is 1.14 bits per heavy atom. The van der Waals surface area contributed by atoms with Crippen molar-refractivity contribution in [3.8, 4) is 11.1 Å². The minimum Gasteiger partial charge on any atom is -0.310 e. The molecule has 1 aliphatic rings. The maximum atomic E-state index is 4.03. The molecule has 2 nitrogen and oxygen atoms in total. The van der Waals surface area contributed by atoms with Crippen LogP contribution in [0.1, 0.15) is 44.5 Å². The van der Waals surface area contributed by atoms with E-state index in [1.807, 2.05) is 12.2 Å². The van der Waals surface area contributed by atoms with Crippen molar-refractivity contribution in [2.75, 3.05) is 9.80 Å². The molecule has 286 valence electrons. The number of anilines is 6. The first-order valence-electron chi connectivity index (χ1n) is 20.5. The van der Waals surface area contributed by atoms with Crippen LogP contribution in [0, 0.1) is 13.8 Å². The van der Waals surface area contributed by atoms with Crippen molar-refractivity contribution in [2.24, 2.45) is 0 Å². The van der Waals surface area contributed by atoms with Crippen molar-refractivity contribution in [3.05, 3.63) is 252 Å². The zero-order valence-corrected chi connectivity index (χ0v) is 33.9. The molecular weight excluding hydrogens is 713 g/mol. The number of hydrogen-bond acceptors (Lipinski definition) is 2. The second-order valence-corrected chi connectivity index (χ2v) is 15.8. The SMILES string of the molecule is C=Cc1ccc(CC2(Cc3ccc(C=C)cc3)c3ccc(N(c4ccccc4)c4cccc(C)c4)cc3-c3cc(N(c4ccccc4)c4cccc(C)c4)ccc32)cc1. The summed E-state index contributed by atoms with van der Waals surface area (Å²) in [4.78, 5) is 4.78. The van der Waals surface area contributed by atoms with Crippen molar-refractivity contribution >= 4 is 46.3 Å². The number of nitrogens with zero attached hydrogens (tertiary/aromatic N) is 2. The van der Waals surface area contributed by atoms with Crippen molar-refractivity contribution in [1.29, 1.82) is 0 Å². The summed E-state index contributed by atoms with van der Waals surface area (Å²) in [6.07, 6.45) is 5.52. The third-order valence-electron chi connectivity index (χ3n) is 11.8. The van der Waals surface area contributed by atoms with Gasteiger partial charge in [-0.2, -0.15) is 0 Å². The summed E-state index contributed by atoms with van der Waals surface area (Å²) in [6.45, 7) is 12.4. The minimum atomic E-state index is -0.352. The van der Waals surface area contributed by atoms with Gasteiger partial charge in [0.2, 0.25) is 0 Å². The van der Waals surface area contributed by atoms with E-state index >= 15 is 0 Å². The third-order valence-corrected chi connectivity index (χ3v) is 11.8.